The number of nitrogen functional groups attached to an aromatic ring is 1. The number of hydrogen-bond acceptors (Lipinski definition) is 6. The van der Waals surface area contributed by atoms with E-state index >= 15 is 0 Å². The number of nitrogens with two attached hydrogens (primary N) is 1. The number of carbonyl (C=O) groups excluding carboxylic acids is 1. The molecule has 30 heavy (non-hydrogen) atoms. The third-order valence-electron chi connectivity index (χ3n) is 6.09. The van der Waals surface area contributed by atoms with Gasteiger partial charge in [0.05, 0.1) is 18.0 Å². The number of hydrogen-bond donors (Lipinski definition) is 1. The predicted molar refractivity (Wildman–Crippen MR) is 112 cm³/mol. The van der Waals surface area contributed by atoms with Crippen molar-refractivity contribution in [2.45, 2.75) is 24.9 Å². The molecule has 1 amide bonds. The molecule has 4 heterocycles. The Balaban J connectivity index is 1.35. The summed E-state index contributed by atoms with van der Waals surface area (Å²) in [6, 6.07) is 11.8. The normalized spacial score (nSPS) is 17.7. The molecule has 1 spiro atoms. The van der Waals surface area contributed by atoms with Crippen molar-refractivity contribution in [3.05, 3.63) is 59.5 Å². The van der Waals surface area contributed by atoms with Crippen LogP contribution in [0.3, 0.4) is 0 Å². The van der Waals surface area contributed by atoms with Crippen LogP contribution in [0.5, 0.6) is 0 Å². The number of rotatable bonds is 2. The van der Waals surface area contributed by atoms with E-state index in [1.807, 2.05) is 48.3 Å². The molecule has 154 valence electrons. The summed E-state index contributed by atoms with van der Waals surface area (Å²) in [5.41, 5.74) is 9.74. The molecule has 5 rings (SSSR count). The molecule has 2 N–H and O–H groups in total. The molecule has 8 heteroatoms. The van der Waals surface area contributed by atoms with E-state index in [4.69, 9.17) is 10.5 Å². The highest BCUT2D eigenvalue weighted by Crippen LogP contribution is 2.40. The Hall–Kier alpha value is -3.26. The van der Waals surface area contributed by atoms with Crippen LogP contribution in [-0.2, 0) is 23.8 Å². The molecule has 0 atom stereocenters. The summed E-state index contributed by atoms with van der Waals surface area (Å²) < 4.78 is 7.96. The van der Waals surface area contributed by atoms with E-state index < -0.39 is 5.60 Å². The summed E-state index contributed by atoms with van der Waals surface area (Å²) >= 11 is 0. The number of carbonyl (C=O) groups is 1. The van der Waals surface area contributed by atoms with Gasteiger partial charge >= 0.3 is 0 Å². The minimum absolute atomic E-state index is 0.0548. The smallest absolute Gasteiger partial charge is 0.274 e. The molecule has 2 aliphatic heterocycles. The molecule has 0 unspecified atom stereocenters. The van der Waals surface area contributed by atoms with Crippen molar-refractivity contribution < 1.29 is 9.53 Å². The van der Waals surface area contributed by atoms with E-state index in [0.717, 1.165) is 28.9 Å². The first-order chi connectivity index (χ1) is 14.6. The molecule has 0 bridgehead atoms. The van der Waals surface area contributed by atoms with E-state index in [2.05, 4.69) is 15.1 Å². The Labute approximate surface area is 174 Å². The van der Waals surface area contributed by atoms with Crippen molar-refractivity contribution in [3.8, 4) is 11.3 Å². The monoisotopic (exact) mass is 404 g/mol. The Kier molecular flexibility index (Phi) is 4.51. The molecular formula is C22H24N6O2. The number of ether oxygens (including phenoxy) is 1. The fraction of sp³-hybridized carbons (Fsp3) is 0.364. The standard InChI is InChI=1S/C22H24N6O2/c1-27-18(15-5-3-2-4-6-15)13-17(26-27)20(29)28-10-8-22(9-11-28)19-16(7-12-30-22)14-24-21(23)25-19/h2-6,13-14H,7-12H2,1H3,(H2,23,24,25). The van der Waals surface area contributed by atoms with Gasteiger partial charge in [-0.1, -0.05) is 30.3 Å². The second-order valence-corrected chi connectivity index (χ2v) is 7.89. The van der Waals surface area contributed by atoms with Gasteiger partial charge in [-0.3, -0.25) is 9.48 Å². The first kappa shape index (κ1) is 18.7. The second kappa shape index (κ2) is 7.21. The molecule has 0 aliphatic carbocycles. The van der Waals surface area contributed by atoms with Gasteiger partial charge in [0, 0.05) is 26.3 Å². The van der Waals surface area contributed by atoms with Crippen molar-refractivity contribution in [2.75, 3.05) is 25.4 Å². The maximum absolute atomic E-state index is 13.1. The van der Waals surface area contributed by atoms with Gasteiger partial charge in [-0.15, -0.1) is 0 Å². The highest BCUT2D eigenvalue weighted by Gasteiger charge is 2.43. The van der Waals surface area contributed by atoms with Crippen molar-refractivity contribution >= 4 is 11.9 Å². The minimum atomic E-state index is -0.485. The Bertz CT molecular complexity index is 1090. The van der Waals surface area contributed by atoms with E-state index in [0.29, 0.717) is 38.2 Å². The third kappa shape index (κ3) is 3.13. The van der Waals surface area contributed by atoms with E-state index in [9.17, 15) is 4.79 Å². The van der Waals surface area contributed by atoms with Crippen LogP contribution < -0.4 is 5.73 Å². The molecule has 1 aromatic carbocycles. The van der Waals surface area contributed by atoms with Gasteiger partial charge in [-0.2, -0.15) is 5.10 Å². The zero-order valence-corrected chi connectivity index (χ0v) is 16.9. The summed E-state index contributed by atoms with van der Waals surface area (Å²) in [6.45, 7) is 1.80. The van der Waals surface area contributed by atoms with Crippen LogP contribution in [0, 0.1) is 0 Å². The van der Waals surface area contributed by atoms with Gasteiger partial charge in [0.2, 0.25) is 5.95 Å². The fourth-order valence-corrected chi connectivity index (χ4v) is 4.49. The molecule has 1 saturated heterocycles. The van der Waals surface area contributed by atoms with Gasteiger partial charge in [0.25, 0.3) is 5.91 Å². The zero-order valence-electron chi connectivity index (χ0n) is 16.9. The number of aryl methyl sites for hydroxylation is 1. The SMILES string of the molecule is Cn1nc(C(=O)N2CCC3(CC2)OCCc2cnc(N)nc23)cc1-c1ccccc1. The summed E-state index contributed by atoms with van der Waals surface area (Å²) in [5.74, 6) is 0.208. The zero-order chi connectivity index (χ0) is 20.7. The summed E-state index contributed by atoms with van der Waals surface area (Å²) in [5, 5.41) is 4.47. The summed E-state index contributed by atoms with van der Waals surface area (Å²) in [7, 11) is 1.86. The first-order valence-electron chi connectivity index (χ1n) is 10.2. The number of piperidine rings is 1. The van der Waals surface area contributed by atoms with Crippen molar-refractivity contribution in [2.24, 2.45) is 7.05 Å². The summed E-state index contributed by atoms with van der Waals surface area (Å²) in [4.78, 5) is 23.6. The third-order valence-corrected chi connectivity index (χ3v) is 6.09. The quantitative estimate of drug-likeness (QED) is 0.703. The van der Waals surface area contributed by atoms with Gasteiger partial charge in [0.1, 0.15) is 5.60 Å². The number of amides is 1. The van der Waals surface area contributed by atoms with Crippen LogP contribution in [0.1, 0.15) is 34.6 Å². The lowest BCUT2D eigenvalue weighted by Gasteiger charge is -2.43. The van der Waals surface area contributed by atoms with Crippen LogP contribution in [0.25, 0.3) is 11.3 Å². The van der Waals surface area contributed by atoms with Crippen molar-refractivity contribution in [3.63, 3.8) is 0 Å². The number of anilines is 1. The maximum atomic E-state index is 13.1. The lowest BCUT2D eigenvalue weighted by molar-refractivity contribution is -0.0967. The molecule has 0 radical (unpaired) electrons. The highest BCUT2D eigenvalue weighted by molar-refractivity contribution is 5.93. The fourth-order valence-electron chi connectivity index (χ4n) is 4.49. The molecule has 0 saturated carbocycles. The van der Waals surface area contributed by atoms with Crippen LogP contribution in [0.2, 0.25) is 0 Å². The van der Waals surface area contributed by atoms with Crippen LogP contribution >= 0.6 is 0 Å². The van der Waals surface area contributed by atoms with Crippen LogP contribution in [0.15, 0.2) is 42.6 Å². The van der Waals surface area contributed by atoms with Crippen LogP contribution in [0.4, 0.5) is 5.95 Å². The number of aromatic nitrogens is 4. The second-order valence-electron chi connectivity index (χ2n) is 7.89. The molecule has 2 aromatic heterocycles. The lowest BCUT2D eigenvalue weighted by Crippen LogP contribution is -2.49. The Morgan fingerprint density at radius 3 is 2.73 bits per heavy atom. The van der Waals surface area contributed by atoms with E-state index in [-0.39, 0.29) is 11.9 Å². The minimum Gasteiger partial charge on any atom is -0.368 e. The molecule has 8 nitrogen and oxygen atoms in total. The van der Waals surface area contributed by atoms with E-state index in [1.165, 1.54) is 0 Å². The lowest BCUT2D eigenvalue weighted by atomic mass is 9.83. The largest absolute Gasteiger partial charge is 0.368 e. The number of fused-ring (bicyclic) bond motifs is 2. The first-order valence-corrected chi connectivity index (χ1v) is 10.2. The highest BCUT2D eigenvalue weighted by atomic mass is 16.5. The van der Waals surface area contributed by atoms with Crippen molar-refractivity contribution in [1.82, 2.24) is 24.6 Å². The van der Waals surface area contributed by atoms with Crippen LogP contribution in [-0.4, -0.2) is 50.3 Å². The predicted octanol–water partition coefficient (Wildman–Crippen LogP) is 2.16. The topological polar surface area (TPSA) is 99.2 Å². The summed E-state index contributed by atoms with van der Waals surface area (Å²) in [6.07, 6.45) is 3.95. The Morgan fingerprint density at radius 2 is 1.97 bits per heavy atom. The van der Waals surface area contributed by atoms with Gasteiger partial charge in [-0.05, 0) is 36.5 Å². The number of likely N-dealkylation sites (tertiary alicyclic amines) is 1. The number of nitrogens with zero attached hydrogens (tertiary/aromatic N) is 5. The Morgan fingerprint density at radius 1 is 1.20 bits per heavy atom. The van der Waals surface area contributed by atoms with Crippen molar-refractivity contribution in [1.29, 1.82) is 0 Å². The molecule has 3 aromatic rings. The molecule has 1 fully saturated rings. The van der Waals surface area contributed by atoms with E-state index in [1.54, 1.807) is 10.9 Å². The van der Waals surface area contributed by atoms with Gasteiger partial charge in [-0.25, -0.2) is 9.97 Å². The van der Waals surface area contributed by atoms with Gasteiger partial charge in [0.15, 0.2) is 5.69 Å². The van der Waals surface area contributed by atoms with Gasteiger partial charge < -0.3 is 15.4 Å². The average Bonchev–Trinajstić information content (AvgIpc) is 3.17. The number of benzene rings is 1. The average molecular weight is 404 g/mol. The molecular weight excluding hydrogens is 380 g/mol. The maximum Gasteiger partial charge on any atom is 0.274 e. The molecule has 2 aliphatic rings.